The van der Waals surface area contributed by atoms with Crippen LogP contribution in [0.25, 0.3) is 0 Å². The molecule has 0 amide bonds. The van der Waals surface area contributed by atoms with Crippen LogP contribution in [0.5, 0.6) is 0 Å². The monoisotopic (exact) mass is 221 g/mol. The number of benzene rings is 1. The minimum absolute atomic E-state index is 0.329. The molecular formula is C13H19NS. The van der Waals surface area contributed by atoms with Gasteiger partial charge in [0.25, 0.3) is 0 Å². The molecule has 1 N–H and O–H groups in total. The molecule has 0 saturated heterocycles. The van der Waals surface area contributed by atoms with Gasteiger partial charge in [-0.2, -0.15) is 0 Å². The third-order valence-corrected chi connectivity index (χ3v) is 4.07. The Labute approximate surface area is 96.7 Å². The molecule has 1 aliphatic rings. The number of rotatable bonds is 0. The van der Waals surface area contributed by atoms with Crippen molar-refractivity contribution in [3.63, 3.8) is 0 Å². The van der Waals surface area contributed by atoms with Crippen LogP contribution in [0.2, 0.25) is 0 Å². The second kappa shape index (κ2) is 3.75. The molecule has 0 bridgehead atoms. The van der Waals surface area contributed by atoms with Crippen molar-refractivity contribution in [1.29, 1.82) is 0 Å². The molecule has 1 aromatic carbocycles. The summed E-state index contributed by atoms with van der Waals surface area (Å²) in [5.74, 6) is 1.17. The Bertz CT molecular complexity index is 365. The van der Waals surface area contributed by atoms with Gasteiger partial charge >= 0.3 is 0 Å². The van der Waals surface area contributed by atoms with Crippen LogP contribution in [0.3, 0.4) is 0 Å². The molecule has 0 aliphatic carbocycles. The molecule has 1 nitrogen and oxygen atoms in total. The van der Waals surface area contributed by atoms with Crippen molar-refractivity contribution in [2.45, 2.75) is 38.6 Å². The van der Waals surface area contributed by atoms with Crippen LogP contribution in [0, 0.1) is 12.3 Å². The van der Waals surface area contributed by atoms with Crippen LogP contribution in [-0.4, -0.2) is 11.8 Å². The van der Waals surface area contributed by atoms with Crippen molar-refractivity contribution >= 4 is 17.4 Å². The molecule has 1 heterocycles. The molecule has 2 heteroatoms. The van der Waals surface area contributed by atoms with Crippen LogP contribution in [0.1, 0.15) is 26.3 Å². The van der Waals surface area contributed by atoms with Gasteiger partial charge in [0, 0.05) is 22.4 Å². The highest BCUT2D eigenvalue weighted by Gasteiger charge is 2.28. The predicted molar refractivity (Wildman–Crippen MR) is 68.8 cm³/mol. The van der Waals surface area contributed by atoms with E-state index in [0.717, 1.165) is 0 Å². The van der Waals surface area contributed by atoms with Crippen molar-refractivity contribution < 1.29 is 0 Å². The van der Waals surface area contributed by atoms with E-state index in [-0.39, 0.29) is 0 Å². The zero-order valence-corrected chi connectivity index (χ0v) is 10.7. The van der Waals surface area contributed by atoms with E-state index in [1.54, 1.807) is 0 Å². The smallest absolute Gasteiger partial charge is 0.0481 e. The number of anilines is 1. The first-order valence-electron chi connectivity index (χ1n) is 5.47. The Balaban J connectivity index is 2.24. The number of nitrogens with one attached hydrogen (secondary N) is 1. The molecule has 0 spiro atoms. The lowest BCUT2D eigenvalue weighted by molar-refractivity contribution is 0.362. The van der Waals surface area contributed by atoms with Gasteiger partial charge in [-0.25, -0.2) is 0 Å². The fourth-order valence-electron chi connectivity index (χ4n) is 1.74. The van der Waals surface area contributed by atoms with Gasteiger partial charge in [0.1, 0.15) is 0 Å². The number of hydrogen-bond donors (Lipinski definition) is 1. The standard InChI is InChI=1S/C13H19NS/c1-9-5-6-10-11(7-9)15-8-12(14-10)13(2,3)4/h5-7,12,14H,8H2,1-4H3. The second-order valence-electron chi connectivity index (χ2n) is 5.37. The first kappa shape index (κ1) is 10.9. The first-order valence-corrected chi connectivity index (χ1v) is 6.45. The summed E-state index contributed by atoms with van der Waals surface area (Å²) in [5.41, 5.74) is 2.98. The van der Waals surface area contributed by atoms with Crippen LogP contribution in [0.4, 0.5) is 5.69 Å². The first-order chi connectivity index (χ1) is 6.97. The van der Waals surface area contributed by atoms with Crippen molar-refractivity contribution in [2.75, 3.05) is 11.1 Å². The normalized spacial score (nSPS) is 20.7. The maximum Gasteiger partial charge on any atom is 0.0481 e. The van der Waals surface area contributed by atoms with Crippen LogP contribution < -0.4 is 5.32 Å². The summed E-state index contributed by atoms with van der Waals surface area (Å²) in [4.78, 5) is 1.40. The van der Waals surface area contributed by atoms with Crippen molar-refractivity contribution in [1.82, 2.24) is 0 Å². The van der Waals surface area contributed by atoms with Crippen molar-refractivity contribution in [3.05, 3.63) is 23.8 Å². The van der Waals surface area contributed by atoms with Crippen molar-refractivity contribution in [3.8, 4) is 0 Å². The van der Waals surface area contributed by atoms with Gasteiger partial charge < -0.3 is 5.32 Å². The molecule has 1 aliphatic heterocycles. The lowest BCUT2D eigenvalue weighted by Gasteiger charge is -2.36. The van der Waals surface area contributed by atoms with Crippen LogP contribution in [-0.2, 0) is 0 Å². The molecule has 0 aromatic heterocycles. The zero-order chi connectivity index (χ0) is 11.1. The number of hydrogen-bond acceptors (Lipinski definition) is 2. The van der Waals surface area contributed by atoms with Gasteiger partial charge in [-0.3, -0.25) is 0 Å². The Kier molecular flexibility index (Phi) is 2.72. The quantitative estimate of drug-likeness (QED) is 0.712. The molecule has 0 saturated carbocycles. The third-order valence-electron chi connectivity index (χ3n) is 2.92. The highest BCUT2D eigenvalue weighted by atomic mass is 32.2. The fraction of sp³-hybridized carbons (Fsp3) is 0.538. The molecule has 0 radical (unpaired) electrons. The number of thioether (sulfide) groups is 1. The molecule has 0 fully saturated rings. The van der Waals surface area contributed by atoms with E-state index in [4.69, 9.17) is 0 Å². The maximum atomic E-state index is 3.64. The topological polar surface area (TPSA) is 12.0 Å². The van der Waals surface area contributed by atoms with Crippen molar-refractivity contribution in [2.24, 2.45) is 5.41 Å². The molecule has 1 aromatic rings. The Morgan fingerprint density at radius 1 is 1.33 bits per heavy atom. The van der Waals surface area contributed by atoms with Gasteiger partial charge in [-0.05, 0) is 30.0 Å². The molecule has 2 rings (SSSR count). The minimum Gasteiger partial charge on any atom is -0.380 e. The van der Waals surface area contributed by atoms with Gasteiger partial charge in [0.15, 0.2) is 0 Å². The van der Waals surface area contributed by atoms with E-state index >= 15 is 0 Å². The number of fused-ring (bicyclic) bond motifs is 1. The predicted octanol–water partition coefficient (Wildman–Crippen LogP) is 3.93. The van der Waals surface area contributed by atoms with E-state index in [1.165, 1.54) is 21.9 Å². The zero-order valence-electron chi connectivity index (χ0n) is 9.92. The SMILES string of the molecule is Cc1ccc2c(c1)SCC(C(C)(C)C)N2. The average Bonchev–Trinajstić information content (AvgIpc) is 2.15. The third kappa shape index (κ3) is 2.31. The fourth-order valence-corrected chi connectivity index (χ4v) is 3.22. The summed E-state index contributed by atoms with van der Waals surface area (Å²) < 4.78 is 0. The van der Waals surface area contributed by atoms with Gasteiger partial charge in [0.05, 0.1) is 0 Å². The summed E-state index contributed by atoms with van der Waals surface area (Å²) in [5, 5.41) is 3.64. The van der Waals surface area contributed by atoms with E-state index in [1.807, 2.05) is 11.8 Å². The summed E-state index contributed by atoms with van der Waals surface area (Å²) in [6.07, 6.45) is 0. The van der Waals surface area contributed by atoms with Gasteiger partial charge in [-0.15, -0.1) is 11.8 Å². The van der Waals surface area contributed by atoms with E-state index < -0.39 is 0 Å². The second-order valence-corrected chi connectivity index (χ2v) is 6.44. The van der Waals surface area contributed by atoms with Gasteiger partial charge in [-0.1, -0.05) is 26.8 Å². The number of aryl methyl sites for hydroxylation is 1. The average molecular weight is 221 g/mol. The lowest BCUT2D eigenvalue weighted by Crippen LogP contribution is -2.38. The highest BCUT2D eigenvalue weighted by molar-refractivity contribution is 7.99. The minimum atomic E-state index is 0.329. The Morgan fingerprint density at radius 3 is 2.73 bits per heavy atom. The van der Waals surface area contributed by atoms with E-state index in [9.17, 15) is 0 Å². The van der Waals surface area contributed by atoms with E-state index in [0.29, 0.717) is 11.5 Å². The molecular weight excluding hydrogens is 202 g/mol. The van der Waals surface area contributed by atoms with Crippen LogP contribution in [0.15, 0.2) is 23.1 Å². The van der Waals surface area contributed by atoms with Gasteiger partial charge in [0.2, 0.25) is 0 Å². The summed E-state index contributed by atoms with van der Waals surface area (Å²) >= 11 is 1.98. The Morgan fingerprint density at radius 2 is 2.07 bits per heavy atom. The highest BCUT2D eigenvalue weighted by Crippen LogP contribution is 2.38. The summed E-state index contributed by atoms with van der Waals surface area (Å²) in [7, 11) is 0. The molecule has 82 valence electrons. The summed E-state index contributed by atoms with van der Waals surface area (Å²) in [6, 6.07) is 7.22. The van der Waals surface area contributed by atoms with Crippen LogP contribution >= 0.6 is 11.8 Å². The molecule has 1 atom stereocenters. The molecule has 15 heavy (non-hydrogen) atoms. The largest absolute Gasteiger partial charge is 0.380 e. The molecule has 1 unspecified atom stereocenters. The maximum absolute atomic E-state index is 3.64. The Hall–Kier alpha value is -0.630. The van der Waals surface area contributed by atoms with E-state index in [2.05, 4.69) is 51.2 Å². The summed E-state index contributed by atoms with van der Waals surface area (Å²) in [6.45, 7) is 9.04. The lowest BCUT2D eigenvalue weighted by atomic mass is 9.87.